The lowest BCUT2D eigenvalue weighted by molar-refractivity contribution is -0.147. The lowest BCUT2D eigenvalue weighted by Gasteiger charge is -2.17. The zero-order valence-corrected chi connectivity index (χ0v) is 19.2. The minimum absolute atomic E-state index is 0.204. The molecule has 2 rings (SSSR count). The van der Waals surface area contributed by atoms with Crippen molar-refractivity contribution in [2.24, 2.45) is 5.73 Å². The number of benzene rings is 1. The van der Waals surface area contributed by atoms with Gasteiger partial charge in [-0.1, -0.05) is 30.7 Å². The molecule has 32 heavy (non-hydrogen) atoms. The Morgan fingerprint density at radius 3 is 2.41 bits per heavy atom. The van der Waals surface area contributed by atoms with Gasteiger partial charge in [0.1, 0.15) is 5.00 Å². The van der Waals surface area contributed by atoms with Crippen LogP contribution in [0.5, 0.6) is 0 Å². The number of hydrogen-bond donors (Lipinski definition) is 3. The molecular weight excluding hydrogens is 458 g/mol. The van der Waals surface area contributed by atoms with Crippen molar-refractivity contribution >= 4 is 51.8 Å². The van der Waals surface area contributed by atoms with Gasteiger partial charge < -0.3 is 25.8 Å². The first kappa shape index (κ1) is 25.2. The van der Waals surface area contributed by atoms with Crippen LogP contribution < -0.4 is 16.4 Å². The molecule has 4 N–H and O–H groups in total. The maximum absolute atomic E-state index is 12.3. The number of hydrogen-bond acceptors (Lipinski definition) is 7. The predicted octanol–water partition coefficient (Wildman–Crippen LogP) is 3.42. The molecule has 0 fully saturated rings. The molecule has 1 heterocycles. The molecule has 2 aromatic rings. The van der Waals surface area contributed by atoms with E-state index in [0.29, 0.717) is 22.0 Å². The molecule has 0 saturated heterocycles. The molecule has 9 nitrogen and oxygen atoms in total. The number of primary amides is 1. The van der Waals surface area contributed by atoms with Crippen molar-refractivity contribution in [2.45, 2.75) is 32.7 Å². The summed E-state index contributed by atoms with van der Waals surface area (Å²) in [5.41, 5.74) is 6.04. The molecule has 1 aromatic heterocycles. The highest BCUT2D eigenvalue weighted by atomic mass is 35.5. The third kappa shape index (κ3) is 7.54. The number of carbonyl (C=O) groups is 4. The van der Waals surface area contributed by atoms with E-state index in [4.69, 9.17) is 26.8 Å². The molecule has 1 unspecified atom stereocenters. The van der Waals surface area contributed by atoms with Crippen LogP contribution in [0, 0.1) is 0 Å². The van der Waals surface area contributed by atoms with Gasteiger partial charge in [0.15, 0.2) is 6.61 Å². The second kappa shape index (κ2) is 12.1. The van der Waals surface area contributed by atoms with E-state index in [1.165, 1.54) is 11.3 Å². The zero-order valence-electron chi connectivity index (χ0n) is 17.6. The summed E-state index contributed by atoms with van der Waals surface area (Å²) in [7, 11) is 0. The highest BCUT2D eigenvalue weighted by Crippen LogP contribution is 2.29. The van der Waals surface area contributed by atoms with Crippen molar-refractivity contribution in [3.8, 4) is 0 Å². The molecule has 3 amide bonds. The quantitative estimate of drug-likeness (QED) is 0.444. The molecule has 1 aromatic carbocycles. The Morgan fingerprint density at radius 1 is 1.12 bits per heavy atom. The molecule has 0 aliphatic rings. The van der Waals surface area contributed by atoms with Crippen LogP contribution in [-0.2, 0) is 25.5 Å². The summed E-state index contributed by atoms with van der Waals surface area (Å²) in [5.74, 6) is -1.88. The Hall–Kier alpha value is -3.11. The van der Waals surface area contributed by atoms with Crippen LogP contribution in [0.15, 0.2) is 30.3 Å². The van der Waals surface area contributed by atoms with E-state index in [1.54, 1.807) is 37.3 Å². The Labute approximate surface area is 194 Å². The summed E-state index contributed by atoms with van der Waals surface area (Å²) in [5, 5.41) is 5.86. The molecule has 0 bridgehead atoms. The van der Waals surface area contributed by atoms with E-state index < -0.39 is 36.5 Å². The van der Waals surface area contributed by atoms with Crippen LogP contribution in [-0.4, -0.2) is 37.1 Å². The van der Waals surface area contributed by atoms with Crippen LogP contribution in [0.1, 0.15) is 47.1 Å². The first-order valence-corrected chi connectivity index (χ1v) is 11.0. The van der Waals surface area contributed by atoms with Gasteiger partial charge in [-0.25, -0.2) is 9.59 Å². The van der Waals surface area contributed by atoms with Gasteiger partial charge in [0, 0.05) is 9.90 Å². The van der Waals surface area contributed by atoms with Gasteiger partial charge in [-0.15, -0.1) is 11.3 Å². The Balaban J connectivity index is 1.97. The normalized spacial score (nSPS) is 11.3. The summed E-state index contributed by atoms with van der Waals surface area (Å²) < 4.78 is 10.0. The third-order valence-corrected chi connectivity index (χ3v) is 5.65. The standard InChI is InChI=1S/C21H24ClN3O6S/c1-3-14-9-15(20(28)30-4-2)19(32-14)25-17(26)11-31-18(27)10-16(24-21(23)29)12-5-7-13(22)8-6-12/h5-9,16H,3-4,10-11H2,1-2H3,(H,25,26)(H3,23,24,29). The predicted molar refractivity (Wildman–Crippen MR) is 121 cm³/mol. The first-order valence-electron chi connectivity index (χ1n) is 9.80. The number of amides is 3. The smallest absolute Gasteiger partial charge is 0.341 e. The summed E-state index contributed by atoms with van der Waals surface area (Å²) in [4.78, 5) is 48.8. The van der Waals surface area contributed by atoms with E-state index in [0.717, 1.165) is 4.88 Å². The molecule has 11 heteroatoms. The van der Waals surface area contributed by atoms with Gasteiger partial charge in [0.2, 0.25) is 0 Å². The second-order valence-electron chi connectivity index (χ2n) is 6.56. The SMILES string of the molecule is CCOC(=O)c1cc(CC)sc1NC(=O)COC(=O)CC(NC(N)=O)c1ccc(Cl)cc1. The highest BCUT2D eigenvalue weighted by Gasteiger charge is 2.21. The third-order valence-electron chi connectivity index (χ3n) is 4.20. The van der Waals surface area contributed by atoms with E-state index in [1.807, 2.05) is 6.92 Å². The van der Waals surface area contributed by atoms with Gasteiger partial charge in [0.05, 0.1) is 24.6 Å². The highest BCUT2D eigenvalue weighted by molar-refractivity contribution is 7.16. The molecule has 0 radical (unpaired) electrons. The second-order valence-corrected chi connectivity index (χ2v) is 8.13. The number of anilines is 1. The first-order chi connectivity index (χ1) is 15.2. The van der Waals surface area contributed by atoms with Gasteiger partial charge in [0.25, 0.3) is 5.91 Å². The molecule has 0 aliphatic heterocycles. The van der Waals surface area contributed by atoms with E-state index in [9.17, 15) is 19.2 Å². The Kier molecular flexibility index (Phi) is 9.48. The van der Waals surface area contributed by atoms with Crippen LogP contribution in [0.25, 0.3) is 0 Å². The zero-order chi connectivity index (χ0) is 23.7. The van der Waals surface area contributed by atoms with E-state index in [-0.39, 0.29) is 18.6 Å². The number of nitrogens with two attached hydrogens (primary N) is 1. The number of halogens is 1. The fourth-order valence-corrected chi connectivity index (χ4v) is 3.85. The number of thiophene rings is 1. The largest absolute Gasteiger partial charge is 0.462 e. The van der Waals surface area contributed by atoms with Gasteiger partial charge in [-0.05, 0) is 37.1 Å². The number of carbonyl (C=O) groups excluding carboxylic acids is 4. The maximum Gasteiger partial charge on any atom is 0.341 e. The van der Waals surface area contributed by atoms with E-state index >= 15 is 0 Å². The molecule has 1 atom stereocenters. The number of rotatable bonds is 10. The lowest BCUT2D eigenvalue weighted by atomic mass is 10.0. The summed E-state index contributed by atoms with van der Waals surface area (Å²) in [6.07, 6.45) is 0.436. The summed E-state index contributed by atoms with van der Waals surface area (Å²) >= 11 is 7.11. The molecule has 0 spiro atoms. The average molecular weight is 482 g/mol. The summed E-state index contributed by atoms with van der Waals surface area (Å²) in [6, 6.07) is 6.60. The lowest BCUT2D eigenvalue weighted by Crippen LogP contribution is -2.35. The van der Waals surface area contributed by atoms with Crippen LogP contribution in [0.2, 0.25) is 5.02 Å². The monoisotopic (exact) mass is 481 g/mol. The molecule has 172 valence electrons. The van der Waals surface area contributed by atoms with Crippen LogP contribution in [0.3, 0.4) is 0 Å². The van der Waals surface area contributed by atoms with Gasteiger partial charge >= 0.3 is 18.0 Å². The minimum Gasteiger partial charge on any atom is -0.462 e. The van der Waals surface area contributed by atoms with Gasteiger partial charge in [-0.2, -0.15) is 0 Å². The molecule has 0 saturated carbocycles. The number of esters is 2. The van der Waals surface area contributed by atoms with Gasteiger partial charge in [-0.3, -0.25) is 9.59 Å². The van der Waals surface area contributed by atoms with Crippen molar-refractivity contribution in [1.82, 2.24) is 5.32 Å². The van der Waals surface area contributed by atoms with Crippen molar-refractivity contribution in [2.75, 3.05) is 18.5 Å². The number of urea groups is 1. The van der Waals surface area contributed by atoms with E-state index in [2.05, 4.69) is 10.6 Å². The number of aryl methyl sites for hydroxylation is 1. The van der Waals surface area contributed by atoms with Crippen molar-refractivity contribution in [3.05, 3.63) is 51.4 Å². The fourth-order valence-electron chi connectivity index (χ4n) is 2.72. The Morgan fingerprint density at radius 2 is 1.81 bits per heavy atom. The Bertz CT molecular complexity index is 976. The van der Waals surface area contributed by atoms with Crippen molar-refractivity contribution < 1.29 is 28.7 Å². The average Bonchev–Trinajstić information content (AvgIpc) is 3.15. The number of nitrogens with one attached hydrogen (secondary N) is 2. The molecule has 0 aliphatic carbocycles. The molecular formula is C21H24ClN3O6S. The van der Waals surface area contributed by atoms with Crippen molar-refractivity contribution in [3.63, 3.8) is 0 Å². The minimum atomic E-state index is -0.814. The number of ether oxygens (including phenoxy) is 2. The van der Waals surface area contributed by atoms with Crippen LogP contribution >= 0.6 is 22.9 Å². The summed E-state index contributed by atoms with van der Waals surface area (Å²) in [6.45, 7) is 3.25. The topological polar surface area (TPSA) is 137 Å². The van der Waals surface area contributed by atoms with Crippen molar-refractivity contribution in [1.29, 1.82) is 0 Å². The fraction of sp³-hybridized carbons (Fsp3) is 0.333. The maximum atomic E-state index is 12.3. The van der Waals surface area contributed by atoms with Crippen LogP contribution in [0.4, 0.5) is 9.80 Å².